The molecule has 2 aliphatic rings. The van der Waals surface area contributed by atoms with Crippen LogP contribution in [0.4, 0.5) is 0 Å². The van der Waals surface area contributed by atoms with Gasteiger partial charge in [-0.25, -0.2) is 21.6 Å². The van der Waals surface area contributed by atoms with Crippen LogP contribution >= 0.6 is 0 Å². The van der Waals surface area contributed by atoms with Gasteiger partial charge >= 0.3 is 0 Å². The van der Waals surface area contributed by atoms with Gasteiger partial charge in [0.25, 0.3) is 0 Å². The highest BCUT2D eigenvalue weighted by molar-refractivity contribution is 7.89. The van der Waals surface area contributed by atoms with Gasteiger partial charge in [0.1, 0.15) is 0 Å². The molecule has 1 unspecified atom stereocenters. The zero-order valence-electron chi connectivity index (χ0n) is 14.3. The smallest absolute Gasteiger partial charge is 0.243 e. The minimum atomic E-state index is -3.60. The summed E-state index contributed by atoms with van der Waals surface area (Å²) in [5.41, 5.74) is 0. The van der Waals surface area contributed by atoms with Crippen molar-refractivity contribution in [1.29, 1.82) is 0 Å². The monoisotopic (exact) mass is 387 g/mol. The van der Waals surface area contributed by atoms with Crippen molar-refractivity contribution in [1.82, 2.24) is 14.3 Å². The van der Waals surface area contributed by atoms with Crippen molar-refractivity contribution in [2.75, 3.05) is 26.7 Å². The molecule has 2 N–H and O–H groups in total. The Morgan fingerprint density at radius 1 is 1.04 bits per heavy atom. The molecule has 1 aromatic carbocycles. The van der Waals surface area contributed by atoms with E-state index in [2.05, 4.69) is 10.0 Å². The van der Waals surface area contributed by atoms with Gasteiger partial charge in [-0.1, -0.05) is 0 Å². The summed E-state index contributed by atoms with van der Waals surface area (Å²) in [6.07, 6.45) is 3.56. The summed E-state index contributed by atoms with van der Waals surface area (Å²) < 4.78 is 54.1. The predicted octanol–water partition coefficient (Wildman–Crippen LogP) is 0.747. The zero-order chi connectivity index (χ0) is 18.1. The van der Waals surface area contributed by atoms with Crippen molar-refractivity contribution in [3.8, 4) is 0 Å². The average molecular weight is 388 g/mol. The standard InChI is InChI=1S/C16H25N3O4S2/c1-17-11-13-3-2-10-19(12-13)25(22,23)16-8-6-15(7-9-16)24(20,21)18-14-4-5-14/h6-9,13-14,17-18H,2-5,10-12H2,1H3. The second kappa shape index (κ2) is 7.32. The highest BCUT2D eigenvalue weighted by Gasteiger charge is 2.31. The van der Waals surface area contributed by atoms with E-state index in [1.54, 1.807) is 0 Å². The molecule has 1 aliphatic carbocycles. The van der Waals surface area contributed by atoms with E-state index in [4.69, 9.17) is 0 Å². The molecule has 0 spiro atoms. The van der Waals surface area contributed by atoms with Crippen LogP contribution in [0.3, 0.4) is 0 Å². The zero-order valence-corrected chi connectivity index (χ0v) is 15.9. The van der Waals surface area contributed by atoms with Crippen molar-refractivity contribution in [2.24, 2.45) is 5.92 Å². The summed E-state index contributed by atoms with van der Waals surface area (Å²) in [7, 11) is -5.30. The van der Waals surface area contributed by atoms with E-state index in [9.17, 15) is 16.8 Å². The molecule has 1 heterocycles. The molecule has 1 aliphatic heterocycles. The van der Waals surface area contributed by atoms with Gasteiger partial charge in [0, 0.05) is 19.1 Å². The van der Waals surface area contributed by atoms with Crippen molar-refractivity contribution in [2.45, 2.75) is 41.5 Å². The number of hydrogen-bond acceptors (Lipinski definition) is 5. The van der Waals surface area contributed by atoms with Gasteiger partial charge in [-0.15, -0.1) is 0 Å². The van der Waals surface area contributed by atoms with Crippen LogP contribution in [0.25, 0.3) is 0 Å². The Labute approximate surface area is 149 Å². The number of nitrogens with zero attached hydrogens (tertiary/aromatic N) is 1. The maximum atomic E-state index is 12.8. The van der Waals surface area contributed by atoms with Crippen LogP contribution in [-0.2, 0) is 20.0 Å². The first-order valence-corrected chi connectivity index (χ1v) is 11.5. The molecule has 1 saturated heterocycles. The summed E-state index contributed by atoms with van der Waals surface area (Å²) in [4.78, 5) is 0.244. The first-order valence-electron chi connectivity index (χ1n) is 8.60. The van der Waals surface area contributed by atoms with Crippen LogP contribution in [0, 0.1) is 5.92 Å². The van der Waals surface area contributed by atoms with Crippen molar-refractivity contribution < 1.29 is 16.8 Å². The Kier molecular flexibility index (Phi) is 5.50. The molecule has 9 heteroatoms. The maximum Gasteiger partial charge on any atom is 0.243 e. The summed E-state index contributed by atoms with van der Waals surface area (Å²) in [6.45, 7) is 1.79. The Morgan fingerprint density at radius 2 is 1.68 bits per heavy atom. The Hall–Kier alpha value is -1.00. The van der Waals surface area contributed by atoms with Crippen LogP contribution in [-0.4, -0.2) is 53.9 Å². The van der Waals surface area contributed by atoms with Gasteiger partial charge in [0.2, 0.25) is 20.0 Å². The predicted molar refractivity (Wildman–Crippen MR) is 95.2 cm³/mol. The van der Waals surface area contributed by atoms with Crippen LogP contribution in [0.5, 0.6) is 0 Å². The lowest BCUT2D eigenvalue weighted by molar-refractivity contribution is 0.263. The fourth-order valence-electron chi connectivity index (χ4n) is 3.13. The first kappa shape index (κ1) is 18.8. The molecular formula is C16H25N3O4S2. The van der Waals surface area contributed by atoms with Crippen molar-refractivity contribution in [3.63, 3.8) is 0 Å². The van der Waals surface area contributed by atoms with E-state index >= 15 is 0 Å². The normalized spacial score (nSPS) is 22.8. The van der Waals surface area contributed by atoms with Gasteiger partial charge in [-0.2, -0.15) is 4.31 Å². The Balaban J connectivity index is 1.76. The molecule has 25 heavy (non-hydrogen) atoms. The minimum Gasteiger partial charge on any atom is -0.319 e. The maximum absolute atomic E-state index is 12.8. The third kappa shape index (κ3) is 4.40. The topological polar surface area (TPSA) is 95.6 Å². The molecule has 2 fully saturated rings. The molecule has 0 bridgehead atoms. The molecule has 0 amide bonds. The van der Waals surface area contributed by atoms with Gasteiger partial charge in [-0.3, -0.25) is 0 Å². The van der Waals surface area contributed by atoms with Crippen LogP contribution in [0.15, 0.2) is 34.1 Å². The second-order valence-corrected chi connectivity index (χ2v) is 10.4. The lowest BCUT2D eigenvalue weighted by atomic mass is 10.00. The second-order valence-electron chi connectivity index (χ2n) is 6.80. The van der Waals surface area contributed by atoms with E-state index in [1.807, 2.05) is 7.05 Å². The number of sulfonamides is 2. The van der Waals surface area contributed by atoms with Crippen molar-refractivity contribution in [3.05, 3.63) is 24.3 Å². The highest BCUT2D eigenvalue weighted by atomic mass is 32.2. The van der Waals surface area contributed by atoms with E-state index in [0.717, 1.165) is 32.2 Å². The van der Waals surface area contributed by atoms with Gasteiger partial charge < -0.3 is 5.32 Å². The molecule has 140 valence electrons. The molecule has 3 rings (SSSR count). The molecule has 7 nitrogen and oxygen atoms in total. The summed E-state index contributed by atoms with van der Waals surface area (Å²) in [6, 6.07) is 5.53. The van der Waals surface area contributed by atoms with E-state index in [1.165, 1.54) is 28.6 Å². The number of piperidine rings is 1. The van der Waals surface area contributed by atoms with Crippen molar-refractivity contribution >= 4 is 20.0 Å². The van der Waals surface area contributed by atoms with E-state index < -0.39 is 20.0 Å². The third-order valence-corrected chi connectivity index (χ3v) is 8.06. The minimum absolute atomic E-state index is 0.0193. The molecular weight excluding hydrogens is 362 g/mol. The largest absolute Gasteiger partial charge is 0.319 e. The van der Waals surface area contributed by atoms with Crippen LogP contribution in [0.2, 0.25) is 0 Å². The Bertz CT molecular complexity index is 800. The van der Waals surface area contributed by atoms with E-state index in [0.29, 0.717) is 19.0 Å². The fraction of sp³-hybridized carbons (Fsp3) is 0.625. The summed E-state index contributed by atoms with van der Waals surface area (Å²) in [5, 5.41) is 3.10. The van der Waals surface area contributed by atoms with Gasteiger partial charge in [0.05, 0.1) is 9.79 Å². The molecule has 0 aromatic heterocycles. The SMILES string of the molecule is CNCC1CCCN(S(=O)(=O)c2ccc(S(=O)(=O)NC3CC3)cc2)C1. The number of nitrogens with one attached hydrogen (secondary N) is 2. The van der Waals surface area contributed by atoms with Crippen LogP contribution < -0.4 is 10.0 Å². The highest BCUT2D eigenvalue weighted by Crippen LogP contribution is 2.25. The van der Waals surface area contributed by atoms with E-state index in [-0.39, 0.29) is 15.8 Å². The molecule has 0 radical (unpaired) electrons. The molecule has 1 saturated carbocycles. The van der Waals surface area contributed by atoms with Gasteiger partial charge in [0.15, 0.2) is 0 Å². The lowest BCUT2D eigenvalue weighted by Gasteiger charge is -2.31. The fourth-order valence-corrected chi connectivity index (χ4v) is 5.99. The number of hydrogen-bond donors (Lipinski definition) is 2. The summed E-state index contributed by atoms with van der Waals surface area (Å²) >= 11 is 0. The first-order chi connectivity index (χ1) is 11.8. The summed E-state index contributed by atoms with van der Waals surface area (Å²) in [5.74, 6) is 0.302. The number of rotatable bonds is 7. The van der Waals surface area contributed by atoms with Gasteiger partial charge in [-0.05, 0) is 69.5 Å². The quantitative estimate of drug-likeness (QED) is 0.720. The Morgan fingerprint density at radius 3 is 2.28 bits per heavy atom. The average Bonchev–Trinajstić information content (AvgIpc) is 3.39. The van der Waals surface area contributed by atoms with Crippen LogP contribution in [0.1, 0.15) is 25.7 Å². The molecule has 1 aromatic rings. The number of benzene rings is 1. The third-order valence-electron chi connectivity index (χ3n) is 4.65. The molecule has 1 atom stereocenters. The lowest BCUT2D eigenvalue weighted by Crippen LogP contribution is -2.42.